The lowest BCUT2D eigenvalue weighted by atomic mass is 10.2. The maximum absolute atomic E-state index is 8.16. The predicted molar refractivity (Wildman–Crippen MR) is 102 cm³/mol. The van der Waals surface area contributed by atoms with E-state index in [0.717, 1.165) is 21.9 Å². The Morgan fingerprint density at radius 2 is 2.08 bits per heavy atom. The van der Waals surface area contributed by atoms with Crippen molar-refractivity contribution in [3.05, 3.63) is 57.6 Å². The second-order valence-electron chi connectivity index (χ2n) is 5.14. The van der Waals surface area contributed by atoms with Crippen LogP contribution in [0.3, 0.4) is 0 Å². The number of rotatable bonds is 4. The van der Waals surface area contributed by atoms with Gasteiger partial charge >= 0.3 is 0 Å². The first-order valence-corrected chi connectivity index (χ1v) is 8.52. The molecule has 0 aliphatic heterocycles. The summed E-state index contributed by atoms with van der Waals surface area (Å²) in [6.45, 7) is 2.72. The van der Waals surface area contributed by atoms with Crippen LogP contribution in [0.5, 0.6) is 0 Å². The number of nitrogens with zero attached hydrogens (tertiary/aromatic N) is 3. The van der Waals surface area contributed by atoms with Gasteiger partial charge in [0.2, 0.25) is 5.62 Å². The van der Waals surface area contributed by atoms with Crippen LogP contribution in [0.15, 0.2) is 46.9 Å². The van der Waals surface area contributed by atoms with Gasteiger partial charge in [-0.15, -0.1) is 0 Å². The van der Waals surface area contributed by atoms with Crippen molar-refractivity contribution in [2.24, 2.45) is 0 Å². The Kier molecular flexibility index (Phi) is 4.69. The molecule has 2 N–H and O–H groups in total. The molecule has 5 nitrogen and oxygen atoms in total. The van der Waals surface area contributed by atoms with Gasteiger partial charge in [-0.1, -0.05) is 33.6 Å². The van der Waals surface area contributed by atoms with Crippen LogP contribution in [0.2, 0.25) is 5.02 Å². The van der Waals surface area contributed by atoms with Gasteiger partial charge in [-0.25, -0.2) is 0 Å². The summed E-state index contributed by atoms with van der Waals surface area (Å²) in [7, 11) is 0. The molecule has 1 aromatic heterocycles. The first kappa shape index (κ1) is 16.7. The van der Waals surface area contributed by atoms with Crippen LogP contribution in [0.4, 0.5) is 11.5 Å². The summed E-state index contributed by atoms with van der Waals surface area (Å²) in [5, 5.41) is 17.1. The fourth-order valence-electron chi connectivity index (χ4n) is 2.66. The third kappa shape index (κ3) is 2.95. The van der Waals surface area contributed by atoms with Gasteiger partial charge < -0.3 is 4.90 Å². The van der Waals surface area contributed by atoms with Gasteiger partial charge in [0, 0.05) is 27.1 Å². The van der Waals surface area contributed by atoms with E-state index >= 15 is 0 Å². The fourth-order valence-corrected chi connectivity index (χ4v) is 3.21. The van der Waals surface area contributed by atoms with Crippen LogP contribution in [0, 0.1) is 10.8 Å². The molecule has 122 valence electrons. The number of fused-ring (bicyclic) bond motifs is 1. The zero-order valence-corrected chi connectivity index (χ0v) is 15.3. The molecule has 3 rings (SSSR count). The van der Waals surface area contributed by atoms with Crippen LogP contribution in [-0.4, -0.2) is 22.4 Å². The summed E-state index contributed by atoms with van der Waals surface area (Å²) in [5.74, 6) is 0.672. The largest absolute Gasteiger partial charge is 0.326 e. The monoisotopic (exact) mass is 403 g/mol. The van der Waals surface area contributed by atoms with E-state index in [1.807, 2.05) is 42.2 Å². The van der Waals surface area contributed by atoms with Crippen molar-refractivity contribution < 1.29 is 0 Å². The maximum atomic E-state index is 8.16. The van der Waals surface area contributed by atoms with Crippen molar-refractivity contribution in [2.45, 2.75) is 6.92 Å². The molecule has 0 saturated heterocycles. The molecule has 0 radical (unpaired) electrons. The Labute approximate surface area is 152 Å². The SMILES string of the molecule is CCN(c1cccc(Br)c1)c1nc(=N)n(C=N)c2cc(Cl)ccc12. The molecule has 0 unspecified atom stereocenters. The van der Waals surface area contributed by atoms with Gasteiger partial charge in [-0.05, 0) is 43.3 Å². The average Bonchev–Trinajstić information content (AvgIpc) is 2.55. The van der Waals surface area contributed by atoms with E-state index in [2.05, 4.69) is 20.9 Å². The van der Waals surface area contributed by atoms with Crippen LogP contribution in [0.1, 0.15) is 6.92 Å². The molecule has 24 heavy (non-hydrogen) atoms. The minimum absolute atomic E-state index is 0.0109. The second kappa shape index (κ2) is 6.75. The number of hydrogen-bond donors (Lipinski definition) is 2. The third-order valence-electron chi connectivity index (χ3n) is 3.72. The zero-order valence-electron chi connectivity index (χ0n) is 12.9. The van der Waals surface area contributed by atoms with E-state index in [0.29, 0.717) is 22.9 Å². The maximum Gasteiger partial charge on any atom is 0.229 e. The van der Waals surface area contributed by atoms with E-state index in [1.54, 1.807) is 12.1 Å². The van der Waals surface area contributed by atoms with E-state index in [9.17, 15) is 0 Å². The van der Waals surface area contributed by atoms with E-state index in [1.165, 1.54) is 4.57 Å². The molecular formula is C17H15BrClN5. The number of aromatic nitrogens is 2. The Bertz CT molecular complexity index is 982. The third-order valence-corrected chi connectivity index (χ3v) is 4.45. The predicted octanol–water partition coefficient (Wildman–Crippen LogP) is 4.54. The molecule has 3 aromatic rings. The van der Waals surface area contributed by atoms with Gasteiger partial charge in [0.25, 0.3) is 0 Å². The first-order valence-electron chi connectivity index (χ1n) is 7.35. The van der Waals surface area contributed by atoms with Crippen molar-refractivity contribution in [2.75, 3.05) is 11.4 Å². The molecule has 0 fully saturated rings. The van der Waals surface area contributed by atoms with Crippen LogP contribution < -0.4 is 10.5 Å². The van der Waals surface area contributed by atoms with Gasteiger partial charge in [-0.2, -0.15) is 4.98 Å². The summed E-state index contributed by atoms with van der Waals surface area (Å²) in [5.41, 5.74) is 1.65. The Morgan fingerprint density at radius 3 is 2.75 bits per heavy atom. The fraction of sp³-hybridized carbons (Fsp3) is 0.118. The highest BCUT2D eigenvalue weighted by atomic mass is 79.9. The number of halogens is 2. The average molecular weight is 405 g/mol. The molecule has 1 heterocycles. The summed E-state index contributed by atoms with van der Waals surface area (Å²) < 4.78 is 2.38. The minimum Gasteiger partial charge on any atom is -0.326 e. The number of anilines is 2. The lowest BCUT2D eigenvalue weighted by molar-refractivity contribution is 0.896. The van der Waals surface area contributed by atoms with Crippen LogP contribution in [-0.2, 0) is 0 Å². The lowest BCUT2D eigenvalue weighted by Gasteiger charge is -2.24. The van der Waals surface area contributed by atoms with Crippen LogP contribution in [0.25, 0.3) is 10.9 Å². The molecule has 0 amide bonds. The normalized spacial score (nSPS) is 10.8. The van der Waals surface area contributed by atoms with E-state index in [-0.39, 0.29) is 5.62 Å². The van der Waals surface area contributed by atoms with Gasteiger partial charge in [0.15, 0.2) is 0 Å². The highest BCUT2D eigenvalue weighted by molar-refractivity contribution is 9.10. The van der Waals surface area contributed by atoms with Gasteiger partial charge in [0.05, 0.1) is 11.9 Å². The molecular weight excluding hydrogens is 390 g/mol. The molecule has 0 aliphatic carbocycles. The Hall–Kier alpha value is -2.18. The summed E-state index contributed by atoms with van der Waals surface area (Å²) in [6, 6.07) is 13.4. The molecule has 0 bridgehead atoms. The number of nitrogens with one attached hydrogen (secondary N) is 2. The van der Waals surface area contributed by atoms with Gasteiger partial charge in [0.1, 0.15) is 5.82 Å². The van der Waals surface area contributed by atoms with Gasteiger partial charge in [-0.3, -0.25) is 15.4 Å². The summed E-state index contributed by atoms with van der Waals surface area (Å²) >= 11 is 9.61. The molecule has 7 heteroatoms. The highest BCUT2D eigenvalue weighted by Crippen LogP contribution is 2.31. The molecule has 0 atom stereocenters. The molecule has 0 aliphatic rings. The zero-order chi connectivity index (χ0) is 17.3. The topological polar surface area (TPSA) is 68.8 Å². The van der Waals surface area contributed by atoms with Crippen molar-refractivity contribution in [1.29, 1.82) is 10.8 Å². The lowest BCUT2D eigenvalue weighted by Crippen LogP contribution is -2.28. The highest BCUT2D eigenvalue weighted by Gasteiger charge is 2.15. The smallest absolute Gasteiger partial charge is 0.229 e. The molecule has 2 aromatic carbocycles. The van der Waals surface area contributed by atoms with Crippen molar-refractivity contribution in [1.82, 2.24) is 9.55 Å². The summed E-state index contributed by atoms with van der Waals surface area (Å²) in [4.78, 5) is 6.46. The number of hydrogen-bond acceptors (Lipinski definition) is 4. The standard InChI is InChI=1S/C17H15BrClN5/c1-2-23(13-5-3-4-11(18)8-13)16-14-7-6-12(19)9-15(14)24(10-20)17(21)22-16/h3-10,20-21H,2H2,1H3. The van der Waals surface area contributed by atoms with Crippen molar-refractivity contribution in [3.63, 3.8) is 0 Å². The second-order valence-corrected chi connectivity index (χ2v) is 6.50. The molecule has 0 spiro atoms. The minimum atomic E-state index is -0.0109. The quantitative estimate of drug-likeness (QED) is 0.495. The van der Waals surface area contributed by atoms with Crippen molar-refractivity contribution in [3.8, 4) is 0 Å². The van der Waals surface area contributed by atoms with E-state index in [4.69, 9.17) is 22.4 Å². The van der Waals surface area contributed by atoms with E-state index < -0.39 is 0 Å². The molecule has 0 saturated carbocycles. The van der Waals surface area contributed by atoms with Crippen molar-refractivity contribution >= 4 is 56.3 Å². The first-order chi connectivity index (χ1) is 11.5. The number of benzene rings is 2. The Morgan fingerprint density at radius 1 is 1.29 bits per heavy atom. The Balaban J connectivity index is 2.32. The summed E-state index contributed by atoms with van der Waals surface area (Å²) in [6.07, 6.45) is 1.08. The van der Waals surface area contributed by atoms with Crippen LogP contribution >= 0.6 is 27.5 Å².